The van der Waals surface area contributed by atoms with E-state index in [0.29, 0.717) is 16.7 Å². The molecule has 0 heterocycles. The lowest BCUT2D eigenvalue weighted by atomic mass is 10.3. The van der Waals surface area contributed by atoms with E-state index in [1.165, 1.54) is 0 Å². The number of halogens is 1. The summed E-state index contributed by atoms with van der Waals surface area (Å²) in [5.41, 5.74) is 6.66. The maximum absolute atomic E-state index is 5.75. The third-order valence-corrected chi connectivity index (χ3v) is 2.07. The van der Waals surface area contributed by atoms with E-state index in [1.54, 1.807) is 18.2 Å². The Labute approximate surface area is 99.5 Å². The predicted octanol–water partition coefficient (Wildman–Crippen LogP) is 2.32. The molecule has 1 aromatic rings. The maximum atomic E-state index is 5.75. The standard InChI is InChI=1S/C10H12ClN3S/c1-2-7-12-10(15)14-13-9-5-3-8(11)4-6-9/h2-6,13H,1,7H2,(H2,12,14,15). The van der Waals surface area contributed by atoms with Crippen LogP contribution in [0.4, 0.5) is 5.69 Å². The lowest BCUT2D eigenvalue weighted by Crippen LogP contribution is -2.38. The molecule has 0 aliphatic carbocycles. The molecule has 0 spiro atoms. The number of nitrogens with one attached hydrogen (secondary N) is 3. The minimum Gasteiger partial charge on any atom is -0.358 e. The van der Waals surface area contributed by atoms with E-state index in [4.69, 9.17) is 23.8 Å². The molecule has 0 aliphatic heterocycles. The third-order valence-electron chi connectivity index (χ3n) is 1.57. The summed E-state index contributed by atoms with van der Waals surface area (Å²) < 4.78 is 0. The van der Waals surface area contributed by atoms with E-state index >= 15 is 0 Å². The first-order valence-electron chi connectivity index (χ1n) is 4.38. The third kappa shape index (κ3) is 4.67. The van der Waals surface area contributed by atoms with E-state index < -0.39 is 0 Å². The molecule has 1 aromatic carbocycles. The van der Waals surface area contributed by atoms with Crippen molar-refractivity contribution in [1.82, 2.24) is 10.7 Å². The van der Waals surface area contributed by atoms with Crippen molar-refractivity contribution in [3.8, 4) is 0 Å². The summed E-state index contributed by atoms with van der Waals surface area (Å²) in [4.78, 5) is 0. The van der Waals surface area contributed by atoms with E-state index in [1.807, 2.05) is 12.1 Å². The van der Waals surface area contributed by atoms with Gasteiger partial charge in [0.25, 0.3) is 0 Å². The number of hydrazine groups is 1. The van der Waals surface area contributed by atoms with Crippen molar-refractivity contribution < 1.29 is 0 Å². The van der Waals surface area contributed by atoms with Gasteiger partial charge in [0.15, 0.2) is 5.11 Å². The molecule has 1 rings (SSSR count). The molecule has 0 atom stereocenters. The van der Waals surface area contributed by atoms with Gasteiger partial charge in [0, 0.05) is 11.6 Å². The topological polar surface area (TPSA) is 36.1 Å². The molecule has 3 N–H and O–H groups in total. The van der Waals surface area contributed by atoms with Crippen LogP contribution < -0.4 is 16.2 Å². The summed E-state index contributed by atoms with van der Waals surface area (Å²) in [5.74, 6) is 0. The largest absolute Gasteiger partial charge is 0.358 e. The molecule has 0 radical (unpaired) electrons. The van der Waals surface area contributed by atoms with Gasteiger partial charge in [-0.2, -0.15) is 0 Å². The normalized spacial score (nSPS) is 9.13. The number of benzene rings is 1. The van der Waals surface area contributed by atoms with Crippen molar-refractivity contribution in [2.45, 2.75) is 0 Å². The van der Waals surface area contributed by atoms with Gasteiger partial charge in [-0.05, 0) is 36.5 Å². The minimum atomic E-state index is 0.518. The molecule has 3 nitrogen and oxygen atoms in total. The molecule has 80 valence electrons. The maximum Gasteiger partial charge on any atom is 0.185 e. The van der Waals surface area contributed by atoms with Gasteiger partial charge >= 0.3 is 0 Å². The second kappa shape index (κ2) is 6.27. The SMILES string of the molecule is C=CCNC(=S)NNc1ccc(Cl)cc1. The molecule has 0 aliphatic rings. The Morgan fingerprint density at radius 2 is 2.07 bits per heavy atom. The van der Waals surface area contributed by atoms with Crippen molar-refractivity contribution >= 4 is 34.6 Å². The first-order chi connectivity index (χ1) is 7.22. The van der Waals surface area contributed by atoms with Gasteiger partial charge in [-0.25, -0.2) is 0 Å². The zero-order valence-electron chi connectivity index (χ0n) is 8.09. The van der Waals surface area contributed by atoms with Gasteiger partial charge in [0.1, 0.15) is 0 Å². The zero-order chi connectivity index (χ0) is 11.1. The molecule has 0 saturated carbocycles. The number of hydrogen-bond acceptors (Lipinski definition) is 2. The smallest absolute Gasteiger partial charge is 0.185 e. The first-order valence-corrected chi connectivity index (χ1v) is 5.17. The average Bonchev–Trinajstić information content (AvgIpc) is 2.25. The molecule has 0 bridgehead atoms. The monoisotopic (exact) mass is 241 g/mol. The van der Waals surface area contributed by atoms with Gasteiger partial charge < -0.3 is 5.32 Å². The number of thiocarbonyl (C=S) groups is 1. The predicted molar refractivity (Wildman–Crippen MR) is 69.0 cm³/mol. The summed E-state index contributed by atoms with van der Waals surface area (Å²) in [6.07, 6.45) is 1.73. The van der Waals surface area contributed by atoms with Gasteiger partial charge in [-0.3, -0.25) is 10.9 Å². The van der Waals surface area contributed by atoms with Crippen LogP contribution in [0.25, 0.3) is 0 Å². The first kappa shape index (κ1) is 11.8. The van der Waals surface area contributed by atoms with Crippen LogP contribution in [0.5, 0.6) is 0 Å². The van der Waals surface area contributed by atoms with Gasteiger partial charge in [-0.1, -0.05) is 17.7 Å². The minimum absolute atomic E-state index is 0.518. The van der Waals surface area contributed by atoms with Crippen molar-refractivity contribution in [1.29, 1.82) is 0 Å². The Kier molecular flexibility index (Phi) is 4.93. The number of hydrogen-bond donors (Lipinski definition) is 3. The van der Waals surface area contributed by atoms with Crippen LogP contribution in [-0.2, 0) is 0 Å². The van der Waals surface area contributed by atoms with Crippen LogP contribution in [0.2, 0.25) is 5.02 Å². The fourth-order valence-corrected chi connectivity index (χ4v) is 1.13. The highest BCUT2D eigenvalue weighted by molar-refractivity contribution is 7.80. The Morgan fingerprint density at radius 1 is 1.40 bits per heavy atom. The van der Waals surface area contributed by atoms with Crippen molar-refractivity contribution in [2.75, 3.05) is 12.0 Å². The quantitative estimate of drug-likeness (QED) is 0.430. The lowest BCUT2D eigenvalue weighted by molar-refractivity contribution is 0.979. The van der Waals surface area contributed by atoms with E-state index in [9.17, 15) is 0 Å². The van der Waals surface area contributed by atoms with Crippen LogP contribution in [-0.4, -0.2) is 11.7 Å². The Morgan fingerprint density at radius 3 is 2.67 bits per heavy atom. The van der Waals surface area contributed by atoms with Crippen molar-refractivity contribution in [3.63, 3.8) is 0 Å². The average molecular weight is 242 g/mol. The van der Waals surface area contributed by atoms with Crippen molar-refractivity contribution in [3.05, 3.63) is 41.9 Å². The molecule has 0 aromatic heterocycles. The van der Waals surface area contributed by atoms with Crippen LogP contribution in [0.1, 0.15) is 0 Å². The molecule has 0 unspecified atom stereocenters. The van der Waals surface area contributed by atoms with E-state index in [2.05, 4.69) is 22.7 Å². The highest BCUT2D eigenvalue weighted by atomic mass is 35.5. The number of rotatable bonds is 4. The molecule has 0 saturated heterocycles. The van der Waals surface area contributed by atoms with Gasteiger partial charge in [-0.15, -0.1) is 6.58 Å². The van der Waals surface area contributed by atoms with Crippen LogP contribution in [0, 0.1) is 0 Å². The Bertz CT molecular complexity index is 337. The second-order valence-corrected chi connectivity index (χ2v) is 3.60. The van der Waals surface area contributed by atoms with Crippen LogP contribution in [0.3, 0.4) is 0 Å². The van der Waals surface area contributed by atoms with Gasteiger partial charge in [0.05, 0.1) is 5.69 Å². The second-order valence-electron chi connectivity index (χ2n) is 2.76. The summed E-state index contributed by atoms with van der Waals surface area (Å²) in [6.45, 7) is 4.21. The van der Waals surface area contributed by atoms with Crippen LogP contribution in [0.15, 0.2) is 36.9 Å². The molecule has 15 heavy (non-hydrogen) atoms. The molecular formula is C10H12ClN3S. The molecule has 0 fully saturated rings. The van der Waals surface area contributed by atoms with Gasteiger partial charge in [0.2, 0.25) is 0 Å². The Hall–Kier alpha value is -1.26. The molecular weight excluding hydrogens is 230 g/mol. The van der Waals surface area contributed by atoms with Crippen molar-refractivity contribution in [2.24, 2.45) is 0 Å². The fraction of sp³-hybridized carbons (Fsp3) is 0.100. The highest BCUT2D eigenvalue weighted by Gasteiger charge is 1.93. The fourth-order valence-electron chi connectivity index (χ4n) is 0.871. The molecule has 5 heteroatoms. The zero-order valence-corrected chi connectivity index (χ0v) is 9.66. The lowest BCUT2D eigenvalue weighted by Gasteiger charge is -2.11. The molecule has 0 amide bonds. The van der Waals surface area contributed by atoms with E-state index in [-0.39, 0.29) is 0 Å². The summed E-state index contributed by atoms with van der Waals surface area (Å²) in [6, 6.07) is 7.30. The van der Waals surface area contributed by atoms with Crippen LogP contribution >= 0.6 is 23.8 Å². The van der Waals surface area contributed by atoms with E-state index in [0.717, 1.165) is 5.69 Å². The summed E-state index contributed by atoms with van der Waals surface area (Å²) >= 11 is 10.7. The Balaban J connectivity index is 2.33. The highest BCUT2D eigenvalue weighted by Crippen LogP contribution is 2.12. The summed E-state index contributed by atoms with van der Waals surface area (Å²) in [5, 5.41) is 4.15. The number of anilines is 1. The summed E-state index contributed by atoms with van der Waals surface area (Å²) in [7, 11) is 0.